The van der Waals surface area contributed by atoms with Crippen LogP contribution in [0.4, 0.5) is 0 Å². The largest absolute Gasteiger partial charge is 0.377 e. The maximum absolute atomic E-state index is 5.85. The van der Waals surface area contributed by atoms with E-state index >= 15 is 0 Å². The molecule has 1 aliphatic rings. The van der Waals surface area contributed by atoms with E-state index in [1.807, 2.05) is 0 Å². The Morgan fingerprint density at radius 1 is 1.36 bits per heavy atom. The summed E-state index contributed by atoms with van der Waals surface area (Å²) in [4.78, 5) is 0. The summed E-state index contributed by atoms with van der Waals surface area (Å²) < 4.78 is 5.85. The molecule has 0 bridgehead atoms. The van der Waals surface area contributed by atoms with Gasteiger partial charge in [0.15, 0.2) is 0 Å². The van der Waals surface area contributed by atoms with Crippen LogP contribution in [0.15, 0.2) is 0 Å². The number of likely N-dealkylation sites (N-methyl/N-ethyl adjacent to an activating group) is 1. The highest BCUT2D eigenvalue weighted by Gasteiger charge is 2.21. The topological polar surface area (TPSA) is 21.3 Å². The maximum atomic E-state index is 5.85. The van der Waals surface area contributed by atoms with Gasteiger partial charge >= 0.3 is 0 Å². The van der Waals surface area contributed by atoms with Gasteiger partial charge in [0.05, 0.1) is 12.7 Å². The number of nitrogens with one attached hydrogen (secondary N) is 1. The molecule has 0 aromatic rings. The molecule has 1 N–H and O–H groups in total. The van der Waals surface area contributed by atoms with Crippen LogP contribution < -0.4 is 5.32 Å². The first-order valence-electron chi connectivity index (χ1n) is 6.12. The summed E-state index contributed by atoms with van der Waals surface area (Å²) in [6.07, 6.45) is 5.71. The average Bonchev–Trinajstić information content (AvgIpc) is 2.13. The molecule has 2 unspecified atom stereocenters. The Hall–Kier alpha value is -0.0800. The van der Waals surface area contributed by atoms with Gasteiger partial charge in [-0.05, 0) is 31.7 Å². The molecule has 2 nitrogen and oxygen atoms in total. The van der Waals surface area contributed by atoms with Crippen LogP contribution in [0.2, 0.25) is 0 Å². The van der Waals surface area contributed by atoms with Crippen molar-refractivity contribution >= 4 is 0 Å². The van der Waals surface area contributed by atoms with Crippen LogP contribution in [0.3, 0.4) is 0 Å². The fourth-order valence-corrected chi connectivity index (χ4v) is 1.75. The van der Waals surface area contributed by atoms with E-state index in [1.54, 1.807) is 0 Å². The highest BCUT2D eigenvalue weighted by Crippen LogP contribution is 2.22. The van der Waals surface area contributed by atoms with Crippen molar-refractivity contribution in [2.75, 3.05) is 13.2 Å². The van der Waals surface area contributed by atoms with Gasteiger partial charge in [-0.2, -0.15) is 0 Å². The van der Waals surface area contributed by atoms with Crippen molar-refractivity contribution in [2.45, 2.75) is 58.6 Å². The fourth-order valence-electron chi connectivity index (χ4n) is 1.75. The lowest BCUT2D eigenvalue weighted by Gasteiger charge is -2.30. The molecule has 14 heavy (non-hydrogen) atoms. The zero-order valence-corrected chi connectivity index (χ0v) is 9.88. The molecule has 0 aliphatic heterocycles. The van der Waals surface area contributed by atoms with E-state index in [0.717, 1.165) is 19.1 Å². The van der Waals surface area contributed by atoms with Crippen molar-refractivity contribution in [1.29, 1.82) is 0 Å². The van der Waals surface area contributed by atoms with Gasteiger partial charge in [-0.25, -0.2) is 0 Å². The molecule has 1 rings (SSSR count). The quantitative estimate of drug-likeness (QED) is 0.680. The van der Waals surface area contributed by atoms with Crippen LogP contribution >= 0.6 is 0 Å². The molecule has 0 radical (unpaired) electrons. The lowest BCUT2D eigenvalue weighted by molar-refractivity contribution is -0.0149. The van der Waals surface area contributed by atoms with Gasteiger partial charge in [0.25, 0.3) is 0 Å². The zero-order valence-electron chi connectivity index (χ0n) is 9.88. The van der Waals surface area contributed by atoms with Crippen molar-refractivity contribution in [2.24, 2.45) is 5.92 Å². The first-order chi connectivity index (χ1) is 6.77. The van der Waals surface area contributed by atoms with E-state index in [-0.39, 0.29) is 0 Å². The molecule has 0 aromatic heterocycles. The van der Waals surface area contributed by atoms with Crippen LogP contribution in [0, 0.1) is 5.92 Å². The van der Waals surface area contributed by atoms with Crippen LogP contribution in [0.25, 0.3) is 0 Å². The number of ether oxygens (including phenoxy) is 1. The number of rotatable bonds is 7. The fraction of sp³-hybridized carbons (Fsp3) is 1.00. The van der Waals surface area contributed by atoms with Crippen molar-refractivity contribution < 1.29 is 4.74 Å². The predicted octanol–water partition coefficient (Wildman–Crippen LogP) is 2.58. The molecule has 84 valence electrons. The van der Waals surface area contributed by atoms with E-state index in [2.05, 4.69) is 26.1 Å². The lowest BCUT2D eigenvalue weighted by atomic mass is 9.95. The maximum Gasteiger partial charge on any atom is 0.0625 e. The number of hydrogen-bond donors (Lipinski definition) is 1. The highest BCUT2D eigenvalue weighted by atomic mass is 16.5. The Bertz CT molecular complexity index is 145. The first-order valence-corrected chi connectivity index (χ1v) is 6.12. The summed E-state index contributed by atoms with van der Waals surface area (Å²) >= 11 is 0. The van der Waals surface area contributed by atoms with Crippen molar-refractivity contribution in [1.82, 2.24) is 5.32 Å². The molecule has 1 fully saturated rings. The smallest absolute Gasteiger partial charge is 0.0625 e. The first kappa shape index (κ1) is 12.0. The van der Waals surface area contributed by atoms with E-state index < -0.39 is 0 Å². The van der Waals surface area contributed by atoms with Crippen molar-refractivity contribution in [3.63, 3.8) is 0 Å². The van der Waals surface area contributed by atoms with Gasteiger partial charge < -0.3 is 10.1 Å². The Labute approximate surface area is 88.4 Å². The Morgan fingerprint density at radius 2 is 2.07 bits per heavy atom. The number of hydrogen-bond acceptors (Lipinski definition) is 2. The second-order valence-corrected chi connectivity index (χ2v) is 4.44. The normalized spacial score (nSPS) is 21.6. The minimum atomic E-state index is 0.547. The third-order valence-electron chi connectivity index (χ3n) is 3.36. The van der Waals surface area contributed by atoms with Gasteiger partial charge in [-0.15, -0.1) is 0 Å². The third kappa shape index (κ3) is 3.58. The average molecular weight is 199 g/mol. The van der Waals surface area contributed by atoms with E-state index in [1.165, 1.54) is 25.7 Å². The summed E-state index contributed by atoms with van der Waals surface area (Å²) in [5.74, 6) is 0.718. The molecule has 0 saturated heterocycles. The summed E-state index contributed by atoms with van der Waals surface area (Å²) in [5.41, 5.74) is 0. The van der Waals surface area contributed by atoms with Crippen LogP contribution in [0.5, 0.6) is 0 Å². The van der Waals surface area contributed by atoms with Crippen molar-refractivity contribution in [3.8, 4) is 0 Å². The summed E-state index contributed by atoms with van der Waals surface area (Å²) in [7, 11) is 0. The van der Waals surface area contributed by atoms with Gasteiger partial charge in [-0.1, -0.05) is 27.2 Å². The molecule has 2 atom stereocenters. The van der Waals surface area contributed by atoms with Crippen LogP contribution in [0.1, 0.15) is 46.5 Å². The zero-order chi connectivity index (χ0) is 10.4. The van der Waals surface area contributed by atoms with Gasteiger partial charge in [0, 0.05) is 6.04 Å². The Kier molecular flexibility index (Phi) is 5.49. The van der Waals surface area contributed by atoms with Crippen LogP contribution in [-0.4, -0.2) is 25.3 Å². The monoisotopic (exact) mass is 199 g/mol. The lowest BCUT2D eigenvalue weighted by Crippen LogP contribution is -2.40. The van der Waals surface area contributed by atoms with Gasteiger partial charge in [-0.3, -0.25) is 0 Å². The summed E-state index contributed by atoms with van der Waals surface area (Å²) in [5, 5.41) is 3.51. The standard InChI is InChI=1S/C12H25NO/c1-4-10(3)12(13-5-2)9-14-11-7-6-8-11/h10-13H,4-9H2,1-3H3. The molecule has 1 saturated carbocycles. The van der Waals surface area contributed by atoms with Gasteiger partial charge in [0.1, 0.15) is 0 Å². The Morgan fingerprint density at radius 3 is 2.50 bits per heavy atom. The Balaban J connectivity index is 2.19. The molecule has 1 aliphatic carbocycles. The second-order valence-electron chi connectivity index (χ2n) is 4.44. The molecular formula is C12H25NO. The van der Waals surface area contributed by atoms with Gasteiger partial charge in [0.2, 0.25) is 0 Å². The van der Waals surface area contributed by atoms with Crippen molar-refractivity contribution in [3.05, 3.63) is 0 Å². The molecule has 2 heteroatoms. The van der Waals surface area contributed by atoms with Crippen LogP contribution in [-0.2, 0) is 4.74 Å². The van der Waals surface area contributed by atoms with E-state index in [4.69, 9.17) is 4.74 Å². The molecule has 0 aromatic carbocycles. The highest BCUT2D eigenvalue weighted by molar-refractivity contribution is 4.75. The minimum absolute atomic E-state index is 0.547. The summed E-state index contributed by atoms with van der Waals surface area (Å²) in [6.45, 7) is 8.66. The SMILES string of the molecule is CCNC(COC1CCC1)C(C)CC. The second kappa shape index (κ2) is 6.41. The molecular weight excluding hydrogens is 174 g/mol. The predicted molar refractivity (Wildman–Crippen MR) is 60.5 cm³/mol. The summed E-state index contributed by atoms with van der Waals surface area (Å²) in [6, 6.07) is 0.547. The van der Waals surface area contributed by atoms with E-state index in [0.29, 0.717) is 12.1 Å². The molecule has 0 amide bonds. The minimum Gasteiger partial charge on any atom is -0.377 e. The molecule has 0 heterocycles. The molecule has 0 spiro atoms. The third-order valence-corrected chi connectivity index (χ3v) is 3.36. The van der Waals surface area contributed by atoms with E-state index in [9.17, 15) is 0 Å².